The molecule has 3 rings (SSSR count). The third-order valence-corrected chi connectivity index (χ3v) is 5.21. The Hall–Kier alpha value is -1.40. The van der Waals surface area contributed by atoms with Gasteiger partial charge in [0.15, 0.2) is 5.84 Å². The van der Waals surface area contributed by atoms with Crippen molar-refractivity contribution >= 4 is 15.9 Å². The molecule has 108 valence electrons. The van der Waals surface area contributed by atoms with E-state index in [1.807, 2.05) is 24.1 Å². The average Bonchev–Trinajstić information content (AvgIpc) is 2.73. The van der Waals surface area contributed by atoms with Crippen LogP contribution in [0.2, 0.25) is 0 Å². The molecule has 0 aliphatic carbocycles. The highest BCUT2D eigenvalue weighted by Gasteiger charge is 2.31. The van der Waals surface area contributed by atoms with E-state index in [9.17, 15) is 8.42 Å². The number of sulfonamides is 1. The third-order valence-electron chi connectivity index (χ3n) is 3.88. The van der Waals surface area contributed by atoms with E-state index in [-0.39, 0.29) is 0 Å². The third kappa shape index (κ3) is 2.45. The summed E-state index contributed by atoms with van der Waals surface area (Å²) in [5, 5.41) is 3.47. The Bertz CT molecular complexity index is 634. The molecule has 1 saturated heterocycles. The maximum Gasteiger partial charge on any atom is 0.285 e. The molecule has 0 amide bonds. The molecule has 0 aromatic heterocycles. The number of nitrogens with one attached hydrogen (secondary N) is 1. The first kappa shape index (κ1) is 13.6. The van der Waals surface area contributed by atoms with Crippen molar-refractivity contribution in [2.75, 3.05) is 20.1 Å². The Morgan fingerprint density at radius 3 is 2.90 bits per heavy atom. The fourth-order valence-corrected chi connectivity index (χ4v) is 4.11. The number of fused-ring (bicyclic) bond motifs is 1. The maximum absolute atomic E-state index is 12.0. The molecule has 2 aliphatic heterocycles. The summed E-state index contributed by atoms with van der Waals surface area (Å²) in [5.74, 6) is 0.563. The van der Waals surface area contributed by atoms with Gasteiger partial charge in [0.1, 0.15) is 4.90 Å². The van der Waals surface area contributed by atoms with Gasteiger partial charge < -0.3 is 10.2 Å². The van der Waals surface area contributed by atoms with Crippen molar-refractivity contribution < 1.29 is 8.42 Å². The average molecular weight is 293 g/mol. The number of rotatable bonds is 2. The van der Waals surface area contributed by atoms with E-state index in [1.165, 1.54) is 12.8 Å². The van der Waals surface area contributed by atoms with E-state index in [0.717, 1.165) is 19.5 Å². The minimum absolute atomic E-state index is 0.318. The van der Waals surface area contributed by atoms with Gasteiger partial charge in [0, 0.05) is 25.2 Å². The number of nitrogens with zero attached hydrogens (tertiary/aromatic N) is 2. The number of hydrogen-bond acceptors (Lipinski definition) is 4. The number of amidine groups is 1. The highest BCUT2D eigenvalue weighted by atomic mass is 32.2. The molecule has 2 heterocycles. The Morgan fingerprint density at radius 2 is 2.15 bits per heavy atom. The molecule has 0 unspecified atom stereocenters. The quantitative estimate of drug-likeness (QED) is 0.890. The lowest BCUT2D eigenvalue weighted by molar-refractivity contribution is 0.335. The molecule has 1 aromatic rings. The molecule has 20 heavy (non-hydrogen) atoms. The lowest BCUT2D eigenvalue weighted by Gasteiger charge is -2.29. The molecule has 2 aliphatic rings. The maximum atomic E-state index is 12.0. The SMILES string of the molecule is CN(C[C@H]1CCCCN1)C1=NS(=O)(=O)c2ccccc21. The molecule has 0 saturated carbocycles. The van der Waals surface area contributed by atoms with Gasteiger partial charge in [0.05, 0.1) is 0 Å². The Morgan fingerprint density at radius 1 is 1.35 bits per heavy atom. The van der Waals surface area contributed by atoms with E-state index < -0.39 is 10.0 Å². The van der Waals surface area contributed by atoms with Crippen LogP contribution in [-0.2, 0) is 10.0 Å². The summed E-state index contributed by atoms with van der Waals surface area (Å²) in [7, 11) is -1.61. The van der Waals surface area contributed by atoms with Gasteiger partial charge in [0.2, 0.25) is 0 Å². The lowest BCUT2D eigenvalue weighted by Crippen LogP contribution is -2.44. The summed E-state index contributed by atoms with van der Waals surface area (Å²) in [6, 6.07) is 7.43. The minimum atomic E-state index is -3.51. The van der Waals surface area contributed by atoms with E-state index in [1.54, 1.807) is 12.1 Å². The summed E-state index contributed by atoms with van der Waals surface area (Å²) in [6.07, 6.45) is 3.58. The molecule has 0 radical (unpaired) electrons. The normalized spacial score (nSPS) is 24.1. The smallest absolute Gasteiger partial charge is 0.285 e. The van der Waals surface area contributed by atoms with Crippen molar-refractivity contribution in [3.63, 3.8) is 0 Å². The van der Waals surface area contributed by atoms with E-state index in [0.29, 0.717) is 22.3 Å². The fourth-order valence-electron chi connectivity index (χ4n) is 2.86. The zero-order valence-electron chi connectivity index (χ0n) is 11.5. The molecule has 1 aromatic carbocycles. The molecule has 1 atom stereocenters. The summed E-state index contributed by atoms with van der Waals surface area (Å²) in [4.78, 5) is 2.27. The second-order valence-electron chi connectivity index (χ2n) is 5.41. The second kappa shape index (κ2) is 5.18. The van der Waals surface area contributed by atoms with Crippen molar-refractivity contribution in [2.45, 2.75) is 30.2 Å². The topological polar surface area (TPSA) is 61.8 Å². The van der Waals surface area contributed by atoms with Crippen LogP contribution in [0.5, 0.6) is 0 Å². The molecular formula is C14H19N3O2S. The van der Waals surface area contributed by atoms with Gasteiger partial charge in [-0.05, 0) is 31.5 Å². The van der Waals surface area contributed by atoms with Crippen LogP contribution in [0.3, 0.4) is 0 Å². The summed E-state index contributed by atoms with van der Waals surface area (Å²) in [5.41, 5.74) is 0.714. The van der Waals surface area contributed by atoms with Crippen LogP contribution in [-0.4, -0.2) is 45.3 Å². The summed E-state index contributed by atoms with van der Waals surface area (Å²) >= 11 is 0. The van der Waals surface area contributed by atoms with Crippen molar-refractivity contribution in [3.8, 4) is 0 Å². The van der Waals surface area contributed by atoms with Crippen LogP contribution in [0.15, 0.2) is 33.6 Å². The number of hydrogen-bond donors (Lipinski definition) is 1. The number of piperidine rings is 1. The van der Waals surface area contributed by atoms with Gasteiger partial charge in [-0.3, -0.25) is 0 Å². The van der Waals surface area contributed by atoms with Gasteiger partial charge in [0.25, 0.3) is 10.0 Å². The lowest BCUT2D eigenvalue weighted by atomic mass is 10.0. The standard InChI is InChI=1S/C14H19N3O2S/c1-17(10-11-6-4-5-9-15-11)14-12-7-2-3-8-13(12)20(18,19)16-14/h2-3,7-8,11,15H,4-6,9-10H2,1H3/t11-/m1/s1. The van der Waals surface area contributed by atoms with Crippen LogP contribution in [0.25, 0.3) is 0 Å². The monoisotopic (exact) mass is 293 g/mol. The van der Waals surface area contributed by atoms with Crippen LogP contribution < -0.4 is 5.32 Å². The van der Waals surface area contributed by atoms with Crippen molar-refractivity contribution in [1.29, 1.82) is 0 Å². The van der Waals surface area contributed by atoms with Crippen molar-refractivity contribution in [2.24, 2.45) is 4.40 Å². The van der Waals surface area contributed by atoms with Gasteiger partial charge in [-0.1, -0.05) is 18.6 Å². The Kier molecular flexibility index (Phi) is 3.52. The van der Waals surface area contributed by atoms with Crippen LogP contribution in [0.4, 0.5) is 0 Å². The van der Waals surface area contributed by atoms with Crippen molar-refractivity contribution in [1.82, 2.24) is 10.2 Å². The summed E-state index contributed by atoms with van der Waals surface area (Å²) < 4.78 is 28.0. The zero-order chi connectivity index (χ0) is 14.2. The summed E-state index contributed by atoms with van der Waals surface area (Å²) in [6.45, 7) is 1.82. The number of likely N-dealkylation sites (N-methyl/N-ethyl adjacent to an activating group) is 1. The van der Waals surface area contributed by atoms with Gasteiger partial charge in [-0.15, -0.1) is 4.40 Å². The molecule has 0 bridgehead atoms. The second-order valence-corrected chi connectivity index (χ2v) is 6.99. The first-order valence-corrected chi connectivity index (χ1v) is 8.41. The number of benzene rings is 1. The van der Waals surface area contributed by atoms with Crippen LogP contribution >= 0.6 is 0 Å². The fraction of sp³-hybridized carbons (Fsp3) is 0.500. The molecule has 5 nitrogen and oxygen atoms in total. The molecule has 6 heteroatoms. The van der Waals surface area contributed by atoms with Crippen molar-refractivity contribution in [3.05, 3.63) is 29.8 Å². The molecule has 1 N–H and O–H groups in total. The van der Waals surface area contributed by atoms with E-state index in [4.69, 9.17) is 0 Å². The van der Waals surface area contributed by atoms with Crippen LogP contribution in [0, 0.1) is 0 Å². The van der Waals surface area contributed by atoms with E-state index in [2.05, 4.69) is 9.71 Å². The molecule has 0 spiro atoms. The van der Waals surface area contributed by atoms with Gasteiger partial charge in [-0.2, -0.15) is 8.42 Å². The molecular weight excluding hydrogens is 274 g/mol. The predicted molar refractivity (Wildman–Crippen MR) is 78.4 cm³/mol. The largest absolute Gasteiger partial charge is 0.357 e. The highest BCUT2D eigenvalue weighted by molar-refractivity contribution is 7.90. The van der Waals surface area contributed by atoms with Crippen LogP contribution in [0.1, 0.15) is 24.8 Å². The Labute approximate surface area is 119 Å². The van der Waals surface area contributed by atoms with E-state index >= 15 is 0 Å². The minimum Gasteiger partial charge on any atom is -0.357 e. The van der Waals surface area contributed by atoms with Gasteiger partial charge >= 0.3 is 0 Å². The first-order chi connectivity index (χ1) is 9.58. The predicted octanol–water partition coefficient (Wildman–Crippen LogP) is 1.21. The first-order valence-electron chi connectivity index (χ1n) is 6.97. The zero-order valence-corrected chi connectivity index (χ0v) is 12.4. The van der Waals surface area contributed by atoms with Gasteiger partial charge in [-0.25, -0.2) is 0 Å². The Balaban J connectivity index is 1.83. The molecule has 1 fully saturated rings. The highest BCUT2D eigenvalue weighted by Crippen LogP contribution is 2.27.